The summed E-state index contributed by atoms with van der Waals surface area (Å²) >= 11 is 0. The molecule has 0 aliphatic carbocycles. The maximum Gasteiger partial charge on any atom is 0.251 e. The second kappa shape index (κ2) is 8.32. The highest BCUT2D eigenvalue weighted by Crippen LogP contribution is 2.27. The molecule has 0 unspecified atom stereocenters. The van der Waals surface area contributed by atoms with Crippen molar-refractivity contribution in [2.45, 2.75) is 0 Å². The fourth-order valence-electron chi connectivity index (χ4n) is 2.33. The summed E-state index contributed by atoms with van der Waals surface area (Å²) in [5, 5.41) is 2.61. The van der Waals surface area contributed by atoms with Gasteiger partial charge in [-0.15, -0.1) is 0 Å². The summed E-state index contributed by atoms with van der Waals surface area (Å²) < 4.78 is 41.1. The van der Waals surface area contributed by atoms with Crippen LogP contribution in [0, 0.1) is 0 Å². The number of nitrogens with zero attached hydrogens (tertiary/aromatic N) is 1. The van der Waals surface area contributed by atoms with Crippen LogP contribution >= 0.6 is 0 Å². The molecule has 1 heterocycles. The second-order valence-corrected chi connectivity index (χ2v) is 7.24. The normalized spacial score (nSPS) is 15.8. The predicted molar refractivity (Wildman–Crippen MR) is 88.1 cm³/mol. The van der Waals surface area contributed by atoms with Crippen LogP contribution in [-0.4, -0.2) is 71.5 Å². The number of carbonyl (C=O) groups excluding carboxylic acids is 1. The van der Waals surface area contributed by atoms with E-state index in [0.29, 0.717) is 43.4 Å². The number of sulfonamides is 1. The maximum atomic E-state index is 12.2. The highest BCUT2D eigenvalue weighted by Gasteiger charge is 2.24. The first-order chi connectivity index (χ1) is 11.5. The molecule has 0 bridgehead atoms. The van der Waals surface area contributed by atoms with Crippen LogP contribution in [0.2, 0.25) is 0 Å². The third-order valence-electron chi connectivity index (χ3n) is 3.65. The average molecular weight is 358 g/mol. The summed E-state index contributed by atoms with van der Waals surface area (Å²) in [6.45, 7) is 1.54. The maximum absolute atomic E-state index is 12.2. The molecule has 1 aliphatic heterocycles. The number of morpholine rings is 1. The van der Waals surface area contributed by atoms with Crippen molar-refractivity contribution in [2.75, 3.05) is 52.8 Å². The molecule has 2 rings (SSSR count). The molecule has 1 aromatic rings. The van der Waals surface area contributed by atoms with Crippen molar-refractivity contribution in [3.63, 3.8) is 0 Å². The molecular formula is C15H22N2O6S. The van der Waals surface area contributed by atoms with E-state index in [-0.39, 0.29) is 18.2 Å². The molecule has 9 heteroatoms. The monoisotopic (exact) mass is 358 g/mol. The summed E-state index contributed by atoms with van der Waals surface area (Å²) in [6.07, 6.45) is 0. The minimum absolute atomic E-state index is 0.0346. The zero-order chi connectivity index (χ0) is 17.6. The first-order valence-electron chi connectivity index (χ1n) is 7.53. The van der Waals surface area contributed by atoms with Gasteiger partial charge in [0.05, 0.1) is 33.2 Å². The van der Waals surface area contributed by atoms with E-state index in [1.165, 1.54) is 18.5 Å². The number of hydrogen-bond donors (Lipinski definition) is 1. The van der Waals surface area contributed by atoms with Crippen LogP contribution in [0.3, 0.4) is 0 Å². The van der Waals surface area contributed by atoms with Gasteiger partial charge in [0.15, 0.2) is 11.5 Å². The number of carbonyl (C=O) groups is 1. The number of benzene rings is 1. The van der Waals surface area contributed by atoms with Gasteiger partial charge in [-0.3, -0.25) is 4.79 Å². The predicted octanol–water partition coefficient (Wildman–Crippen LogP) is 0.0956. The van der Waals surface area contributed by atoms with Crippen molar-refractivity contribution in [1.82, 2.24) is 9.62 Å². The van der Waals surface area contributed by atoms with Gasteiger partial charge in [-0.25, -0.2) is 8.42 Å². The van der Waals surface area contributed by atoms with E-state index in [1.807, 2.05) is 0 Å². The molecule has 1 amide bonds. The van der Waals surface area contributed by atoms with Gasteiger partial charge in [-0.2, -0.15) is 4.31 Å². The minimum atomic E-state index is -3.39. The largest absolute Gasteiger partial charge is 0.493 e. The molecule has 1 fully saturated rings. The topological polar surface area (TPSA) is 94.2 Å². The van der Waals surface area contributed by atoms with Gasteiger partial charge in [0.1, 0.15) is 0 Å². The van der Waals surface area contributed by atoms with Gasteiger partial charge < -0.3 is 19.5 Å². The number of nitrogens with one attached hydrogen (secondary N) is 1. The standard InChI is InChI=1S/C15H22N2O6S/c1-21-13-4-3-12(11-14(13)22-2)15(18)16-5-10-24(19,20)17-6-8-23-9-7-17/h3-4,11H,5-10H2,1-2H3,(H,16,18). The zero-order valence-electron chi connectivity index (χ0n) is 13.8. The fraction of sp³-hybridized carbons (Fsp3) is 0.533. The van der Waals surface area contributed by atoms with Crippen molar-refractivity contribution in [2.24, 2.45) is 0 Å². The van der Waals surface area contributed by atoms with Crippen molar-refractivity contribution in [1.29, 1.82) is 0 Å². The molecule has 134 valence electrons. The highest BCUT2D eigenvalue weighted by molar-refractivity contribution is 7.89. The van der Waals surface area contributed by atoms with Crippen molar-refractivity contribution < 1.29 is 27.4 Å². The van der Waals surface area contributed by atoms with E-state index in [9.17, 15) is 13.2 Å². The van der Waals surface area contributed by atoms with E-state index in [4.69, 9.17) is 14.2 Å². The quantitative estimate of drug-likeness (QED) is 0.743. The van der Waals surface area contributed by atoms with Gasteiger partial charge in [0, 0.05) is 25.2 Å². The first-order valence-corrected chi connectivity index (χ1v) is 9.14. The molecule has 0 radical (unpaired) electrons. The molecular weight excluding hydrogens is 336 g/mol. The van der Waals surface area contributed by atoms with E-state index in [0.717, 1.165) is 0 Å². The second-order valence-electron chi connectivity index (χ2n) is 5.15. The van der Waals surface area contributed by atoms with Crippen molar-refractivity contribution in [3.05, 3.63) is 23.8 Å². The van der Waals surface area contributed by atoms with E-state index < -0.39 is 10.0 Å². The Bertz CT molecular complexity index is 671. The average Bonchev–Trinajstić information content (AvgIpc) is 2.61. The number of rotatable bonds is 7. The summed E-state index contributed by atoms with van der Waals surface area (Å²) in [5.74, 6) is 0.439. The van der Waals surface area contributed by atoms with Gasteiger partial charge >= 0.3 is 0 Å². The summed E-state index contributed by atoms with van der Waals surface area (Å²) in [4.78, 5) is 12.1. The molecule has 1 N–H and O–H groups in total. The lowest BCUT2D eigenvalue weighted by molar-refractivity contribution is 0.0730. The molecule has 0 spiro atoms. The van der Waals surface area contributed by atoms with Crippen LogP contribution in [0.15, 0.2) is 18.2 Å². The molecule has 1 aromatic carbocycles. The lowest BCUT2D eigenvalue weighted by Crippen LogP contribution is -2.43. The Morgan fingerprint density at radius 2 is 1.88 bits per heavy atom. The van der Waals surface area contributed by atoms with Gasteiger partial charge in [-0.1, -0.05) is 0 Å². The van der Waals surface area contributed by atoms with Gasteiger partial charge in [-0.05, 0) is 18.2 Å². The van der Waals surface area contributed by atoms with Crippen LogP contribution in [0.4, 0.5) is 0 Å². The van der Waals surface area contributed by atoms with Crippen LogP contribution in [0.1, 0.15) is 10.4 Å². The van der Waals surface area contributed by atoms with Crippen LogP contribution in [0.25, 0.3) is 0 Å². The van der Waals surface area contributed by atoms with E-state index in [2.05, 4.69) is 5.32 Å². The summed E-state index contributed by atoms with van der Waals surface area (Å²) in [6, 6.07) is 4.76. The zero-order valence-corrected chi connectivity index (χ0v) is 14.6. The minimum Gasteiger partial charge on any atom is -0.493 e. The first kappa shape index (κ1) is 18.5. The Labute approximate surface area is 141 Å². The molecule has 8 nitrogen and oxygen atoms in total. The Hall–Kier alpha value is -1.84. The lowest BCUT2D eigenvalue weighted by atomic mass is 10.2. The number of ether oxygens (including phenoxy) is 3. The third-order valence-corrected chi connectivity index (χ3v) is 5.53. The van der Waals surface area contributed by atoms with Crippen molar-refractivity contribution in [3.8, 4) is 11.5 Å². The Morgan fingerprint density at radius 3 is 2.50 bits per heavy atom. The van der Waals surface area contributed by atoms with E-state index in [1.54, 1.807) is 18.2 Å². The Morgan fingerprint density at radius 1 is 1.21 bits per heavy atom. The SMILES string of the molecule is COc1ccc(C(=O)NCCS(=O)(=O)N2CCOCC2)cc1OC. The molecule has 0 aromatic heterocycles. The summed E-state index contributed by atoms with van der Waals surface area (Å²) in [5.41, 5.74) is 0.372. The Balaban J connectivity index is 1.91. The molecule has 0 atom stereocenters. The molecule has 1 saturated heterocycles. The van der Waals surface area contributed by atoms with Crippen LogP contribution in [-0.2, 0) is 14.8 Å². The smallest absolute Gasteiger partial charge is 0.251 e. The number of hydrogen-bond acceptors (Lipinski definition) is 6. The third kappa shape index (κ3) is 4.59. The fourth-order valence-corrected chi connectivity index (χ4v) is 3.65. The highest BCUT2D eigenvalue weighted by atomic mass is 32.2. The van der Waals surface area contributed by atoms with Crippen molar-refractivity contribution >= 4 is 15.9 Å². The van der Waals surface area contributed by atoms with Crippen LogP contribution in [0.5, 0.6) is 11.5 Å². The van der Waals surface area contributed by atoms with Gasteiger partial charge in [0.2, 0.25) is 10.0 Å². The molecule has 24 heavy (non-hydrogen) atoms. The van der Waals surface area contributed by atoms with Gasteiger partial charge in [0.25, 0.3) is 5.91 Å². The molecule has 1 aliphatic rings. The number of amides is 1. The summed E-state index contributed by atoms with van der Waals surface area (Å²) in [7, 11) is -0.402. The lowest BCUT2D eigenvalue weighted by Gasteiger charge is -2.26. The van der Waals surface area contributed by atoms with E-state index >= 15 is 0 Å². The van der Waals surface area contributed by atoms with Crippen LogP contribution < -0.4 is 14.8 Å². The number of methoxy groups -OCH3 is 2. The molecule has 0 saturated carbocycles. The Kier molecular flexibility index (Phi) is 6.41.